The molecular formula is C13H17BrFN3O. The highest BCUT2D eigenvalue weighted by molar-refractivity contribution is 9.10. The van der Waals surface area contributed by atoms with Gasteiger partial charge in [0.1, 0.15) is 5.82 Å². The van der Waals surface area contributed by atoms with E-state index in [9.17, 15) is 9.18 Å². The van der Waals surface area contributed by atoms with Gasteiger partial charge in [-0.2, -0.15) is 0 Å². The molecule has 0 spiro atoms. The third kappa shape index (κ3) is 2.60. The van der Waals surface area contributed by atoms with Crippen LogP contribution in [-0.4, -0.2) is 42.0 Å². The summed E-state index contributed by atoms with van der Waals surface area (Å²) in [5.74, 6) is -0.296. The summed E-state index contributed by atoms with van der Waals surface area (Å²) in [6.45, 7) is 2.75. The fraction of sp³-hybridized carbons (Fsp3) is 0.462. The van der Waals surface area contributed by atoms with Crippen molar-refractivity contribution >= 4 is 22.0 Å². The normalized spacial score (nSPS) is 21.1. The number of rotatable bonds is 3. The van der Waals surface area contributed by atoms with Crippen molar-refractivity contribution in [3.63, 3.8) is 0 Å². The van der Waals surface area contributed by atoms with E-state index < -0.39 is 0 Å². The molecule has 2 atom stereocenters. The van der Waals surface area contributed by atoms with Gasteiger partial charge in [0.2, 0.25) is 0 Å². The van der Waals surface area contributed by atoms with E-state index in [4.69, 9.17) is 5.73 Å². The molecule has 2 unspecified atom stereocenters. The quantitative estimate of drug-likeness (QED) is 0.925. The molecule has 1 aromatic carbocycles. The van der Waals surface area contributed by atoms with Gasteiger partial charge in [-0.1, -0.05) is 15.9 Å². The average Bonchev–Trinajstić information content (AvgIpc) is 2.69. The molecule has 0 radical (unpaired) electrons. The van der Waals surface area contributed by atoms with Gasteiger partial charge in [-0.05, 0) is 25.1 Å². The van der Waals surface area contributed by atoms with Gasteiger partial charge in [-0.15, -0.1) is 0 Å². The Morgan fingerprint density at radius 3 is 2.89 bits per heavy atom. The lowest BCUT2D eigenvalue weighted by molar-refractivity contribution is 0.185. The maximum Gasteiger partial charge on any atom is 0.320 e. The molecule has 1 fully saturated rings. The molecule has 2 N–H and O–H groups in total. The number of amides is 2. The number of carbonyl (C=O) groups excluding carboxylic acids is 1. The minimum Gasteiger partial charge on any atom is -0.328 e. The molecule has 1 aliphatic rings. The molecule has 1 aromatic rings. The summed E-state index contributed by atoms with van der Waals surface area (Å²) in [4.78, 5) is 15.4. The summed E-state index contributed by atoms with van der Waals surface area (Å²) in [6, 6.07) is 4.35. The zero-order valence-electron chi connectivity index (χ0n) is 10.9. The first-order valence-electron chi connectivity index (χ1n) is 6.14. The van der Waals surface area contributed by atoms with Crippen molar-refractivity contribution in [3.8, 4) is 0 Å². The number of urea groups is 1. The lowest BCUT2D eigenvalue weighted by Crippen LogP contribution is -2.40. The molecule has 0 aromatic heterocycles. The van der Waals surface area contributed by atoms with Crippen molar-refractivity contribution in [3.05, 3.63) is 34.1 Å². The SMILES string of the molecule is CC(CN)N1CC(c2cc(Br)ccc2F)N(C)C1=O. The summed E-state index contributed by atoms with van der Waals surface area (Å²) in [5, 5.41) is 0. The smallest absolute Gasteiger partial charge is 0.320 e. The first-order valence-corrected chi connectivity index (χ1v) is 6.93. The lowest BCUT2D eigenvalue weighted by atomic mass is 10.1. The molecule has 19 heavy (non-hydrogen) atoms. The van der Waals surface area contributed by atoms with Crippen LogP contribution in [0.4, 0.5) is 9.18 Å². The number of carbonyl (C=O) groups is 1. The summed E-state index contributed by atoms with van der Waals surface area (Å²) in [7, 11) is 1.69. The second-order valence-corrected chi connectivity index (χ2v) is 5.73. The second kappa shape index (κ2) is 5.46. The Balaban J connectivity index is 2.31. The van der Waals surface area contributed by atoms with Crippen LogP contribution in [0.25, 0.3) is 0 Å². The Hall–Kier alpha value is -1.14. The maximum absolute atomic E-state index is 13.9. The number of benzene rings is 1. The van der Waals surface area contributed by atoms with Gasteiger partial charge in [0.15, 0.2) is 0 Å². The van der Waals surface area contributed by atoms with Crippen molar-refractivity contribution in [2.24, 2.45) is 5.73 Å². The Bertz CT molecular complexity index is 497. The van der Waals surface area contributed by atoms with E-state index in [1.807, 2.05) is 6.92 Å². The van der Waals surface area contributed by atoms with Crippen LogP contribution >= 0.6 is 15.9 Å². The van der Waals surface area contributed by atoms with Gasteiger partial charge in [-0.25, -0.2) is 9.18 Å². The molecular weight excluding hydrogens is 313 g/mol. The van der Waals surface area contributed by atoms with E-state index in [1.54, 1.807) is 29.0 Å². The number of hydrogen-bond acceptors (Lipinski definition) is 2. The highest BCUT2D eigenvalue weighted by atomic mass is 79.9. The molecule has 6 heteroatoms. The molecule has 1 aliphatic heterocycles. The van der Waals surface area contributed by atoms with Crippen LogP contribution in [0.3, 0.4) is 0 Å². The molecule has 1 saturated heterocycles. The van der Waals surface area contributed by atoms with Gasteiger partial charge in [0.25, 0.3) is 0 Å². The first kappa shape index (κ1) is 14.3. The monoisotopic (exact) mass is 329 g/mol. The molecule has 2 amide bonds. The Morgan fingerprint density at radius 2 is 2.26 bits per heavy atom. The highest BCUT2D eigenvalue weighted by Gasteiger charge is 2.38. The van der Waals surface area contributed by atoms with E-state index in [1.165, 1.54) is 6.07 Å². The van der Waals surface area contributed by atoms with E-state index in [-0.39, 0.29) is 23.9 Å². The third-order valence-electron chi connectivity index (χ3n) is 3.57. The Kier molecular flexibility index (Phi) is 4.10. The molecule has 0 aliphatic carbocycles. The summed E-state index contributed by atoms with van der Waals surface area (Å²) < 4.78 is 14.7. The van der Waals surface area contributed by atoms with Crippen molar-refractivity contribution in [1.29, 1.82) is 0 Å². The van der Waals surface area contributed by atoms with Crippen LogP contribution in [0.15, 0.2) is 22.7 Å². The average molecular weight is 330 g/mol. The zero-order chi connectivity index (χ0) is 14.2. The van der Waals surface area contributed by atoms with Crippen molar-refractivity contribution in [2.75, 3.05) is 20.1 Å². The maximum atomic E-state index is 13.9. The summed E-state index contributed by atoms with van der Waals surface area (Å²) >= 11 is 3.33. The van der Waals surface area contributed by atoms with Crippen molar-refractivity contribution in [2.45, 2.75) is 19.0 Å². The van der Waals surface area contributed by atoms with Gasteiger partial charge in [-0.3, -0.25) is 0 Å². The molecule has 0 bridgehead atoms. The number of halogens is 2. The number of nitrogens with two attached hydrogens (primary N) is 1. The third-order valence-corrected chi connectivity index (χ3v) is 4.07. The fourth-order valence-electron chi connectivity index (χ4n) is 2.30. The molecule has 4 nitrogen and oxygen atoms in total. The molecule has 0 saturated carbocycles. The van der Waals surface area contributed by atoms with Crippen LogP contribution in [0.5, 0.6) is 0 Å². The lowest BCUT2D eigenvalue weighted by Gasteiger charge is -2.21. The van der Waals surface area contributed by atoms with E-state index in [0.717, 1.165) is 4.47 Å². The van der Waals surface area contributed by atoms with Gasteiger partial charge in [0.05, 0.1) is 6.04 Å². The summed E-state index contributed by atoms with van der Waals surface area (Å²) in [6.07, 6.45) is 0. The highest BCUT2D eigenvalue weighted by Crippen LogP contribution is 2.32. The first-order chi connectivity index (χ1) is 8.95. The van der Waals surface area contributed by atoms with Gasteiger partial charge in [0, 0.05) is 36.2 Å². The van der Waals surface area contributed by atoms with Crippen LogP contribution in [0.1, 0.15) is 18.5 Å². The van der Waals surface area contributed by atoms with Crippen LogP contribution < -0.4 is 5.73 Å². The topological polar surface area (TPSA) is 49.6 Å². The molecule has 1 heterocycles. The van der Waals surface area contributed by atoms with Crippen molar-refractivity contribution < 1.29 is 9.18 Å². The Labute approximate surface area is 120 Å². The summed E-state index contributed by atoms with van der Waals surface area (Å²) in [5.41, 5.74) is 6.13. The minimum absolute atomic E-state index is 0.0461. The van der Waals surface area contributed by atoms with Crippen LogP contribution in [0, 0.1) is 5.82 Å². The predicted octanol–water partition coefficient (Wildman–Crippen LogP) is 2.34. The zero-order valence-corrected chi connectivity index (χ0v) is 12.5. The largest absolute Gasteiger partial charge is 0.328 e. The van der Waals surface area contributed by atoms with E-state index in [0.29, 0.717) is 18.7 Å². The van der Waals surface area contributed by atoms with Crippen LogP contribution in [0.2, 0.25) is 0 Å². The number of nitrogens with zero attached hydrogens (tertiary/aromatic N) is 2. The second-order valence-electron chi connectivity index (χ2n) is 4.81. The molecule has 2 rings (SSSR count). The standard InChI is InChI=1S/C13H17BrFN3O/c1-8(6-16)18-7-12(17(2)13(18)19)10-5-9(14)3-4-11(10)15/h3-5,8,12H,6-7,16H2,1-2H3. The number of likely N-dealkylation sites (N-methyl/N-ethyl adjacent to an activating group) is 1. The Morgan fingerprint density at radius 1 is 1.58 bits per heavy atom. The van der Waals surface area contributed by atoms with Crippen LogP contribution in [-0.2, 0) is 0 Å². The van der Waals surface area contributed by atoms with Gasteiger partial charge < -0.3 is 15.5 Å². The fourth-order valence-corrected chi connectivity index (χ4v) is 2.67. The van der Waals surface area contributed by atoms with Crippen molar-refractivity contribution in [1.82, 2.24) is 9.80 Å². The van der Waals surface area contributed by atoms with E-state index in [2.05, 4.69) is 15.9 Å². The van der Waals surface area contributed by atoms with E-state index >= 15 is 0 Å². The molecule has 104 valence electrons. The van der Waals surface area contributed by atoms with Gasteiger partial charge >= 0.3 is 6.03 Å². The number of hydrogen-bond donors (Lipinski definition) is 1. The predicted molar refractivity (Wildman–Crippen MR) is 75.2 cm³/mol. The minimum atomic E-state index is -0.296.